The number of aromatic amines is 1. The molecule has 1 amide bonds. The predicted octanol–water partition coefficient (Wildman–Crippen LogP) is 2.11. The number of benzene rings is 1. The first-order valence-corrected chi connectivity index (χ1v) is 4.73. The van der Waals surface area contributed by atoms with Crippen LogP contribution in [0.1, 0.15) is 15.9 Å². The zero-order valence-corrected chi connectivity index (χ0v) is 8.62. The number of nitrogens with one attached hydrogen (secondary N) is 2. The van der Waals surface area contributed by atoms with Crippen molar-refractivity contribution in [3.63, 3.8) is 0 Å². The van der Waals surface area contributed by atoms with Crippen LogP contribution in [0.5, 0.6) is 0 Å². The number of hydrogen-bond acceptors (Lipinski definition) is 2. The molecule has 0 aliphatic rings. The zero-order chi connectivity index (χ0) is 11.5. The van der Waals surface area contributed by atoms with E-state index >= 15 is 0 Å². The SMILES string of the molecule is Cc1ccc(F)cc1NC(=O)c1cn[nH]c1. The molecule has 1 aromatic carbocycles. The summed E-state index contributed by atoms with van der Waals surface area (Å²) in [5.41, 5.74) is 1.67. The molecule has 0 unspecified atom stereocenters. The van der Waals surface area contributed by atoms with Gasteiger partial charge in [-0.1, -0.05) is 6.07 Å². The summed E-state index contributed by atoms with van der Waals surface area (Å²) < 4.78 is 13.0. The molecule has 0 aliphatic carbocycles. The number of carbonyl (C=O) groups is 1. The van der Waals surface area contributed by atoms with Gasteiger partial charge in [0.1, 0.15) is 5.82 Å². The summed E-state index contributed by atoms with van der Waals surface area (Å²) in [7, 11) is 0. The van der Waals surface area contributed by atoms with E-state index in [1.807, 2.05) is 0 Å². The molecule has 16 heavy (non-hydrogen) atoms. The van der Waals surface area contributed by atoms with Crippen LogP contribution in [0, 0.1) is 12.7 Å². The van der Waals surface area contributed by atoms with E-state index in [9.17, 15) is 9.18 Å². The van der Waals surface area contributed by atoms with Crippen LogP contribution >= 0.6 is 0 Å². The molecule has 0 radical (unpaired) electrons. The van der Waals surface area contributed by atoms with Gasteiger partial charge >= 0.3 is 0 Å². The first kappa shape index (κ1) is 10.4. The first-order valence-electron chi connectivity index (χ1n) is 4.73. The fraction of sp³-hybridized carbons (Fsp3) is 0.0909. The maximum atomic E-state index is 13.0. The van der Waals surface area contributed by atoms with E-state index in [4.69, 9.17) is 0 Å². The number of H-pyrrole nitrogens is 1. The van der Waals surface area contributed by atoms with E-state index in [-0.39, 0.29) is 11.7 Å². The minimum atomic E-state index is -0.381. The summed E-state index contributed by atoms with van der Waals surface area (Å²) in [6.07, 6.45) is 2.88. The Bertz CT molecular complexity index is 508. The number of hydrogen-bond donors (Lipinski definition) is 2. The summed E-state index contributed by atoms with van der Waals surface area (Å²) in [5.74, 6) is -0.699. The molecule has 0 saturated carbocycles. The average Bonchev–Trinajstić information content (AvgIpc) is 2.76. The molecule has 2 rings (SSSR count). The van der Waals surface area contributed by atoms with Gasteiger partial charge in [0.05, 0.1) is 11.8 Å². The Labute approximate surface area is 91.5 Å². The fourth-order valence-electron chi connectivity index (χ4n) is 1.30. The van der Waals surface area contributed by atoms with Crippen LogP contribution in [0.25, 0.3) is 0 Å². The molecular formula is C11H10FN3O. The van der Waals surface area contributed by atoms with Crippen molar-refractivity contribution in [2.75, 3.05) is 5.32 Å². The summed E-state index contributed by atoms with van der Waals surface area (Å²) in [6.45, 7) is 1.80. The number of nitrogens with zero attached hydrogens (tertiary/aromatic N) is 1. The monoisotopic (exact) mass is 219 g/mol. The Kier molecular flexibility index (Phi) is 2.68. The smallest absolute Gasteiger partial charge is 0.258 e. The van der Waals surface area contributed by atoms with Gasteiger partial charge in [-0.15, -0.1) is 0 Å². The third-order valence-corrected chi connectivity index (χ3v) is 2.21. The van der Waals surface area contributed by atoms with E-state index in [1.54, 1.807) is 13.0 Å². The Morgan fingerprint density at radius 1 is 1.50 bits per heavy atom. The van der Waals surface area contributed by atoms with Crippen LogP contribution in [0.2, 0.25) is 0 Å². The minimum absolute atomic E-state index is 0.317. The van der Waals surface area contributed by atoms with Gasteiger partial charge in [-0.05, 0) is 24.6 Å². The topological polar surface area (TPSA) is 57.8 Å². The molecule has 82 valence electrons. The predicted molar refractivity (Wildman–Crippen MR) is 57.7 cm³/mol. The molecule has 1 heterocycles. The third-order valence-electron chi connectivity index (χ3n) is 2.21. The van der Waals surface area contributed by atoms with Gasteiger partial charge in [0.15, 0.2) is 0 Å². The van der Waals surface area contributed by atoms with Crippen molar-refractivity contribution in [1.29, 1.82) is 0 Å². The van der Waals surface area contributed by atoms with Crippen LogP contribution in [0.15, 0.2) is 30.6 Å². The number of aromatic nitrogens is 2. The molecule has 0 fully saturated rings. The second-order valence-electron chi connectivity index (χ2n) is 3.40. The molecule has 1 aromatic heterocycles. The third kappa shape index (κ3) is 2.08. The van der Waals surface area contributed by atoms with E-state index in [0.29, 0.717) is 11.3 Å². The maximum Gasteiger partial charge on any atom is 0.258 e. The number of carbonyl (C=O) groups excluding carboxylic acids is 1. The van der Waals surface area contributed by atoms with Gasteiger partial charge in [-0.25, -0.2) is 4.39 Å². The number of amides is 1. The first-order chi connectivity index (χ1) is 7.66. The number of anilines is 1. The highest BCUT2D eigenvalue weighted by Crippen LogP contribution is 2.16. The number of aryl methyl sites for hydroxylation is 1. The molecular weight excluding hydrogens is 209 g/mol. The lowest BCUT2D eigenvalue weighted by atomic mass is 10.2. The minimum Gasteiger partial charge on any atom is -0.322 e. The van der Waals surface area contributed by atoms with Crippen LogP contribution in [0.4, 0.5) is 10.1 Å². The largest absolute Gasteiger partial charge is 0.322 e. The average molecular weight is 219 g/mol. The van der Waals surface area contributed by atoms with Crippen LogP contribution < -0.4 is 5.32 Å². The van der Waals surface area contributed by atoms with Gasteiger partial charge in [0.25, 0.3) is 5.91 Å². The van der Waals surface area contributed by atoms with Crippen molar-refractivity contribution >= 4 is 11.6 Å². The van der Waals surface area contributed by atoms with Crippen molar-refractivity contribution in [3.05, 3.63) is 47.5 Å². The van der Waals surface area contributed by atoms with Gasteiger partial charge < -0.3 is 5.32 Å². The van der Waals surface area contributed by atoms with Gasteiger partial charge in [-0.3, -0.25) is 9.89 Å². The lowest BCUT2D eigenvalue weighted by molar-refractivity contribution is 0.102. The lowest BCUT2D eigenvalue weighted by Crippen LogP contribution is -2.12. The molecule has 4 nitrogen and oxygen atoms in total. The van der Waals surface area contributed by atoms with E-state index < -0.39 is 0 Å². The van der Waals surface area contributed by atoms with Gasteiger partial charge in [0, 0.05) is 11.9 Å². The van der Waals surface area contributed by atoms with E-state index in [1.165, 1.54) is 24.5 Å². The standard InChI is InChI=1S/C11H10FN3O/c1-7-2-3-9(12)4-10(7)15-11(16)8-5-13-14-6-8/h2-6H,1H3,(H,13,14)(H,15,16). The second kappa shape index (κ2) is 4.14. The summed E-state index contributed by atoms with van der Waals surface area (Å²) in [5, 5.41) is 8.82. The Hall–Kier alpha value is -2.17. The molecule has 0 saturated heterocycles. The summed E-state index contributed by atoms with van der Waals surface area (Å²) >= 11 is 0. The van der Waals surface area contributed by atoms with Crippen molar-refractivity contribution in [2.24, 2.45) is 0 Å². The molecule has 0 atom stereocenters. The number of halogens is 1. The Balaban J connectivity index is 2.21. The van der Waals surface area contributed by atoms with Crippen molar-refractivity contribution in [3.8, 4) is 0 Å². The molecule has 5 heteroatoms. The number of rotatable bonds is 2. The van der Waals surface area contributed by atoms with Crippen LogP contribution in [-0.2, 0) is 0 Å². The summed E-state index contributed by atoms with van der Waals surface area (Å²) in [6, 6.07) is 4.25. The van der Waals surface area contributed by atoms with Crippen LogP contribution in [-0.4, -0.2) is 16.1 Å². The van der Waals surface area contributed by atoms with Gasteiger partial charge in [-0.2, -0.15) is 5.10 Å². The molecule has 0 aliphatic heterocycles. The van der Waals surface area contributed by atoms with Gasteiger partial charge in [0.2, 0.25) is 0 Å². The normalized spacial score (nSPS) is 10.1. The highest BCUT2D eigenvalue weighted by atomic mass is 19.1. The Morgan fingerprint density at radius 2 is 2.31 bits per heavy atom. The highest BCUT2D eigenvalue weighted by molar-refractivity contribution is 6.04. The molecule has 0 bridgehead atoms. The highest BCUT2D eigenvalue weighted by Gasteiger charge is 2.08. The second-order valence-corrected chi connectivity index (χ2v) is 3.40. The van der Waals surface area contributed by atoms with E-state index in [0.717, 1.165) is 5.56 Å². The van der Waals surface area contributed by atoms with Crippen molar-refractivity contribution in [1.82, 2.24) is 10.2 Å². The van der Waals surface area contributed by atoms with Crippen molar-refractivity contribution in [2.45, 2.75) is 6.92 Å². The van der Waals surface area contributed by atoms with E-state index in [2.05, 4.69) is 15.5 Å². The molecule has 0 spiro atoms. The lowest BCUT2D eigenvalue weighted by Gasteiger charge is -2.06. The fourth-order valence-corrected chi connectivity index (χ4v) is 1.30. The maximum absolute atomic E-state index is 13.0. The Morgan fingerprint density at radius 3 is 3.00 bits per heavy atom. The zero-order valence-electron chi connectivity index (χ0n) is 8.62. The molecule has 2 aromatic rings. The quantitative estimate of drug-likeness (QED) is 0.812. The summed E-state index contributed by atoms with van der Waals surface area (Å²) in [4.78, 5) is 11.6. The van der Waals surface area contributed by atoms with Crippen LogP contribution in [0.3, 0.4) is 0 Å². The van der Waals surface area contributed by atoms with Crippen molar-refractivity contribution < 1.29 is 9.18 Å². The molecule has 2 N–H and O–H groups in total.